The molecule has 0 aliphatic rings. The Hall–Kier alpha value is -2.66. The van der Waals surface area contributed by atoms with Crippen LogP contribution in [0.4, 0.5) is 0 Å². The van der Waals surface area contributed by atoms with E-state index in [1.807, 2.05) is 60.7 Å². The number of hydrogen-bond donors (Lipinski definition) is 0. The maximum atomic E-state index is 12.4. The number of nitrogens with zero attached hydrogens (tertiary/aromatic N) is 1. The van der Waals surface area contributed by atoms with Gasteiger partial charge in [-0.3, -0.25) is 14.4 Å². The summed E-state index contributed by atoms with van der Waals surface area (Å²) in [4.78, 5) is 29.3. The maximum Gasteiger partial charge on any atom is 0.307 e. The monoisotopic (exact) mass is 341 g/mol. The lowest BCUT2D eigenvalue weighted by atomic mass is 10.0. The highest BCUT2D eigenvalue weighted by atomic mass is 16.7. The first-order chi connectivity index (χ1) is 12.0. The van der Waals surface area contributed by atoms with Crippen molar-refractivity contribution in [2.45, 2.75) is 19.4 Å². The van der Waals surface area contributed by atoms with Gasteiger partial charge in [0.1, 0.15) is 0 Å². The Balaban J connectivity index is 2.12. The van der Waals surface area contributed by atoms with Gasteiger partial charge in [0.05, 0.1) is 13.5 Å². The van der Waals surface area contributed by atoms with Gasteiger partial charge in [0, 0.05) is 13.0 Å². The molecule has 2 rings (SSSR count). The maximum absolute atomic E-state index is 12.4. The highest BCUT2D eigenvalue weighted by Crippen LogP contribution is 2.26. The van der Waals surface area contributed by atoms with Crippen LogP contribution < -0.4 is 0 Å². The van der Waals surface area contributed by atoms with Crippen LogP contribution in [0, 0.1) is 5.92 Å². The fourth-order valence-corrected chi connectivity index (χ4v) is 2.50. The number of esters is 1. The van der Waals surface area contributed by atoms with E-state index in [1.54, 1.807) is 6.92 Å². The van der Waals surface area contributed by atoms with E-state index in [0.29, 0.717) is 0 Å². The molecular formula is C20H23NO4. The summed E-state index contributed by atoms with van der Waals surface area (Å²) in [5.41, 5.74) is 1.77. The predicted octanol–water partition coefficient (Wildman–Crippen LogP) is 3.37. The third-order valence-corrected chi connectivity index (χ3v) is 3.93. The third-order valence-electron chi connectivity index (χ3n) is 3.93. The Morgan fingerprint density at radius 2 is 1.44 bits per heavy atom. The lowest BCUT2D eigenvalue weighted by Crippen LogP contribution is -2.32. The molecule has 5 heteroatoms. The molecule has 0 heterocycles. The summed E-state index contributed by atoms with van der Waals surface area (Å²) in [6.07, 6.45) is -0.514. The van der Waals surface area contributed by atoms with Crippen molar-refractivity contribution >= 4 is 11.9 Å². The summed E-state index contributed by atoms with van der Waals surface area (Å²) >= 11 is 0. The van der Waals surface area contributed by atoms with Gasteiger partial charge in [-0.25, -0.2) is 5.06 Å². The van der Waals surface area contributed by atoms with E-state index >= 15 is 0 Å². The minimum absolute atomic E-state index is 0.0112. The van der Waals surface area contributed by atoms with Crippen LogP contribution >= 0.6 is 0 Å². The zero-order chi connectivity index (χ0) is 18.2. The van der Waals surface area contributed by atoms with Crippen molar-refractivity contribution in [2.24, 2.45) is 5.92 Å². The number of carbonyl (C=O) groups excluding carboxylic acids is 2. The molecule has 0 aliphatic carbocycles. The Morgan fingerprint density at radius 1 is 0.960 bits per heavy atom. The highest BCUT2D eigenvalue weighted by molar-refractivity contribution is 5.82. The van der Waals surface area contributed by atoms with Crippen LogP contribution in [-0.2, 0) is 19.2 Å². The number of hydroxylamine groups is 2. The van der Waals surface area contributed by atoms with Crippen molar-refractivity contribution in [3.63, 3.8) is 0 Å². The van der Waals surface area contributed by atoms with Crippen LogP contribution in [0.3, 0.4) is 0 Å². The number of amides is 1. The van der Waals surface area contributed by atoms with E-state index in [1.165, 1.54) is 14.2 Å². The van der Waals surface area contributed by atoms with Crippen molar-refractivity contribution < 1.29 is 19.2 Å². The van der Waals surface area contributed by atoms with Crippen molar-refractivity contribution in [2.75, 3.05) is 14.2 Å². The largest absolute Gasteiger partial charge is 0.453 e. The van der Waals surface area contributed by atoms with Gasteiger partial charge in [0.15, 0.2) is 6.10 Å². The van der Waals surface area contributed by atoms with Crippen LogP contribution in [-0.4, -0.2) is 31.1 Å². The molecule has 1 unspecified atom stereocenters. The molecule has 0 spiro atoms. The number of carbonyl (C=O) groups is 2. The number of rotatable bonds is 7. The summed E-state index contributed by atoms with van der Waals surface area (Å²) in [6.45, 7) is 1.68. The van der Waals surface area contributed by atoms with Gasteiger partial charge >= 0.3 is 5.97 Å². The van der Waals surface area contributed by atoms with E-state index in [-0.39, 0.29) is 12.3 Å². The quantitative estimate of drug-likeness (QED) is 0.572. The Bertz CT molecular complexity index is 648. The van der Waals surface area contributed by atoms with E-state index < -0.39 is 18.0 Å². The van der Waals surface area contributed by atoms with Crippen molar-refractivity contribution in [3.05, 3.63) is 71.8 Å². The molecule has 1 amide bonds. The van der Waals surface area contributed by atoms with E-state index in [4.69, 9.17) is 9.57 Å². The molecule has 0 radical (unpaired) electrons. The predicted molar refractivity (Wildman–Crippen MR) is 94.4 cm³/mol. The molecule has 132 valence electrons. The molecule has 2 aromatic carbocycles. The standard InChI is InChI=1S/C20H23NO4/c1-15(20(23)21(2)24-3)14-18(22)25-19(16-10-6-4-7-11-16)17-12-8-5-9-13-17/h4-13,15,19H,14H2,1-3H3. The highest BCUT2D eigenvalue weighted by Gasteiger charge is 2.24. The SMILES string of the molecule is CON(C)C(=O)C(C)CC(=O)OC(c1ccccc1)c1ccccc1. The average Bonchev–Trinajstić information content (AvgIpc) is 2.66. The van der Waals surface area contributed by atoms with Crippen molar-refractivity contribution in [1.29, 1.82) is 0 Å². The van der Waals surface area contributed by atoms with E-state index in [0.717, 1.165) is 16.2 Å². The van der Waals surface area contributed by atoms with Gasteiger partial charge in [-0.2, -0.15) is 0 Å². The van der Waals surface area contributed by atoms with Gasteiger partial charge in [0.2, 0.25) is 5.91 Å². The first-order valence-corrected chi connectivity index (χ1v) is 8.14. The summed E-state index contributed by atoms with van der Waals surface area (Å²) in [5, 5.41) is 1.11. The zero-order valence-electron chi connectivity index (χ0n) is 14.7. The van der Waals surface area contributed by atoms with Crippen LogP contribution in [0.2, 0.25) is 0 Å². The van der Waals surface area contributed by atoms with Crippen LogP contribution in [0.5, 0.6) is 0 Å². The second-order valence-electron chi connectivity index (χ2n) is 5.81. The summed E-state index contributed by atoms with van der Waals surface area (Å²) in [5.74, 6) is -1.22. The lowest BCUT2D eigenvalue weighted by molar-refractivity contribution is -0.175. The van der Waals surface area contributed by atoms with Gasteiger partial charge in [0.25, 0.3) is 0 Å². The fraction of sp³-hybridized carbons (Fsp3) is 0.300. The second kappa shape index (κ2) is 8.99. The summed E-state index contributed by atoms with van der Waals surface area (Å²) in [6, 6.07) is 19.1. The number of benzene rings is 2. The minimum Gasteiger partial charge on any atom is -0.453 e. The third kappa shape index (κ3) is 5.16. The lowest BCUT2D eigenvalue weighted by Gasteiger charge is -2.21. The van der Waals surface area contributed by atoms with Crippen molar-refractivity contribution in [1.82, 2.24) is 5.06 Å². The molecule has 0 bridgehead atoms. The van der Waals surface area contributed by atoms with Crippen LogP contribution in [0.1, 0.15) is 30.6 Å². The second-order valence-corrected chi connectivity index (χ2v) is 5.81. The minimum atomic E-state index is -0.523. The summed E-state index contributed by atoms with van der Waals surface area (Å²) < 4.78 is 5.71. The summed E-state index contributed by atoms with van der Waals surface area (Å²) in [7, 11) is 2.92. The van der Waals surface area contributed by atoms with Gasteiger partial charge in [-0.05, 0) is 11.1 Å². The molecule has 1 atom stereocenters. The Labute approximate surface area is 148 Å². The molecule has 2 aromatic rings. The van der Waals surface area contributed by atoms with Crippen LogP contribution in [0.15, 0.2) is 60.7 Å². The van der Waals surface area contributed by atoms with Crippen LogP contribution in [0.25, 0.3) is 0 Å². The van der Waals surface area contributed by atoms with Crippen molar-refractivity contribution in [3.8, 4) is 0 Å². The molecule has 0 saturated carbocycles. The first-order valence-electron chi connectivity index (χ1n) is 8.14. The fourth-order valence-electron chi connectivity index (χ4n) is 2.50. The van der Waals surface area contributed by atoms with Gasteiger partial charge in [-0.15, -0.1) is 0 Å². The molecule has 0 saturated heterocycles. The van der Waals surface area contributed by atoms with E-state index in [9.17, 15) is 9.59 Å². The Morgan fingerprint density at radius 3 is 1.88 bits per heavy atom. The zero-order valence-corrected chi connectivity index (χ0v) is 14.7. The smallest absolute Gasteiger partial charge is 0.307 e. The Kier molecular flexibility index (Phi) is 6.71. The molecular weight excluding hydrogens is 318 g/mol. The van der Waals surface area contributed by atoms with Gasteiger partial charge < -0.3 is 4.74 Å². The molecule has 0 N–H and O–H groups in total. The topological polar surface area (TPSA) is 55.8 Å². The normalized spacial score (nSPS) is 11.8. The molecule has 25 heavy (non-hydrogen) atoms. The molecule has 5 nitrogen and oxygen atoms in total. The average molecular weight is 341 g/mol. The molecule has 0 fully saturated rings. The van der Waals surface area contributed by atoms with E-state index in [2.05, 4.69) is 0 Å². The van der Waals surface area contributed by atoms with Gasteiger partial charge in [-0.1, -0.05) is 67.6 Å². The molecule has 0 aromatic heterocycles. The number of ether oxygens (including phenoxy) is 1. The molecule has 0 aliphatic heterocycles. The first kappa shape index (κ1) is 18.7. The number of hydrogen-bond acceptors (Lipinski definition) is 4.